The standard InChI is InChI=1S/C18H21BrN2O2/c1-4-22-18-11-14(5-10-17(18)23-13(2)3)12-20-21-16-8-6-15(19)7-9-16/h5-13,21H,4H2,1-3H3/b20-12-. The van der Waals surface area contributed by atoms with E-state index in [9.17, 15) is 0 Å². The second kappa shape index (κ2) is 8.58. The number of halogens is 1. The van der Waals surface area contributed by atoms with Crippen LogP contribution in [0.4, 0.5) is 5.69 Å². The predicted molar refractivity (Wildman–Crippen MR) is 98.7 cm³/mol. The summed E-state index contributed by atoms with van der Waals surface area (Å²) < 4.78 is 12.4. The summed E-state index contributed by atoms with van der Waals surface area (Å²) in [5, 5.41) is 4.25. The minimum absolute atomic E-state index is 0.104. The highest BCUT2D eigenvalue weighted by atomic mass is 79.9. The lowest BCUT2D eigenvalue weighted by molar-refractivity contribution is 0.224. The van der Waals surface area contributed by atoms with Crippen LogP contribution < -0.4 is 14.9 Å². The minimum Gasteiger partial charge on any atom is -0.490 e. The first-order chi connectivity index (χ1) is 11.1. The van der Waals surface area contributed by atoms with E-state index in [-0.39, 0.29) is 6.10 Å². The van der Waals surface area contributed by atoms with Crippen LogP contribution in [0.25, 0.3) is 0 Å². The Morgan fingerprint density at radius 2 is 1.87 bits per heavy atom. The Kier molecular flexibility index (Phi) is 6.47. The molecule has 23 heavy (non-hydrogen) atoms. The second-order valence-corrected chi connectivity index (χ2v) is 6.10. The van der Waals surface area contributed by atoms with E-state index in [2.05, 4.69) is 26.5 Å². The Bertz CT molecular complexity index is 655. The van der Waals surface area contributed by atoms with Crippen LogP contribution in [0.2, 0.25) is 0 Å². The molecule has 0 amide bonds. The number of ether oxygens (including phenoxy) is 2. The average molecular weight is 377 g/mol. The molecule has 0 fully saturated rings. The molecule has 0 atom stereocenters. The van der Waals surface area contributed by atoms with Crippen LogP contribution in [-0.4, -0.2) is 18.9 Å². The van der Waals surface area contributed by atoms with Crippen molar-refractivity contribution in [2.45, 2.75) is 26.9 Å². The lowest BCUT2D eigenvalue weighted by atomic mass is 10.2. The second-order valence-electron chi connectivity index (χ2n) is 5.18. The first kappa shape index (κ1) is 17.3. The zero-order chi connectivity index (χ0) is 16.7. The lowest BCUT2D eigenvalue weighted by Gasteiger charge is -2.14. The number of hydrogen-bond acceptors (Lipinski definition) is 4. The Hall–Kier alpha value is -2.01. The summed E-state index contributed by atoms with van der Waals surface area (Å²) in [6, 6.07) is 13.6. The normalized spacial score (nSPS) is 11.0. The van der Waals surface area contributed by atoms with Crippen LogP contribution in [0.1, 0.15) is 26.3 Å². The van der Waals surface area contributed by atoms with Gasteiger partial charge in [0.05, 0.1) is 24.6 Å². The van der Waals surface area contributed by atoms with Gasteiger partial charge in [-0.15, -0.1) is 0 Å². The smallest absolute Gasteiger partial charge is 0.161 e. The van der Waals surface area contributed by atoms with Crippen LogP contribution in [0.3, 0.4) is 0 Å². The maximum atomic E-state index is 5.75. The van der Waals surface area contributed by atoms with E-state index in [4.69, 9.17) is 9.47 Å². The van der Waals surface area contributed by atoms with Gasteiger partial charge in [0.25, 0.3) is 0 Å². The van der Waals surface area contributed by atoms with Gasteiger partial charge in [-0.3, -0.25) is 5.43 Å². The molecule has 122 valence electrons. The summed E-state index contributed by atoms with van der Waals surface area (Å²) in [5.41, 5.74) is 4.86. The molecule has 5 heteroatoms. The Morgan fingerprint density at radius 1 is 1.13 bits per heavy atom. The highest BCUT2D eigenvalue weighted by molar-refractivity contribution is 9.10. The highest BCUT2D eigenvalue weighted by Gasteiger charge is 2.07. The summed E-state index contributed by atoms with van der Waals surface area (Å²) in [6.45, 7) is 6.53. The van der Waals surface area contributed by atoms with Gasteiger partial charge in [-0.05, 0) is 68.8 Å². The quantitative estimate of drug-likeness (QED) is 0.541. The van der Waals surface area contributed by atoms with Crippen molar-refractivity contribution >= 4 is 27.8 Å². The van der Waals surface area contributed by atoms with Crippen molar-refractivity contribution in [3.05, 3.63) is 52.5 Å². The third-order valence-electron chi connectivity index (χ3n) is 2.88. The SMILES string of the molecule is CCOc1cc(/C=N\Nc2ccc(Br)cc2)ccc1OC(C)C. The molecule has 2 aromatic carbocycles. The maximum Gasteiger partial charge on any atom is 0.161 e. The van der Waals surface area contributed by atoms with E-state index in [1.165, 1.54) is 0 Å². The highest BCUT2D eigenvalue weighted by Crippen LogP contribution is 2.29. The maximum absolute atomic E-state index is 5.75. The van der Waals surface area contributed by atoms with Gasteiger partial charge in [-0.1, -0.05) is 15.9 Å². The fraction of sp³-hybridized carbons (Fsp3) is 0.278. The van der Waals surface area contributed by atoms with Crippen molar-refractivity contribution in [1.29, 1.82) is 0 Å². The Balaban J connectivity index is 2.08. The molecule has 0 spiro atoms. The van der Waals surface area contributed by atoms with E-state index >= 15 is 0 Å². The van der Waals surface area contributed by atoms with Crippen molar-refractivity contribution in [2.24, 2.45) is 5.10 Å². The molecule has 0 heterocycles. The molecule has 0 saturated carbocycles. The first-order valence-corrected chi connectivity index (χ1v) is 8.36. The molecule has 0 aliphatic carbocycles. The summed E-state index contributed by atoms with van der Waals surface area (Å²) in [5.74, 6) is 1.48. The van der Waals surface area contributed by atoms with Crippen LogP contribution in [0.5, 0.6) is 11.5 Å². The average Bonchev–Trinajstić information content (AvgIpc) is 2.51. The summed E-state index contributed by atoms with van der Waals surface area (Å²) >= 11 is 3.40. The minimum atomic E-state index is 0.104. The number of benzene rings is 2. The number of rotatable bonds is 7. The van der Waals surface area contributed by atoms with Gasteiger partial charge in [-0.25, -0.2) is 0 Å². The third kappa shape index (κ3) is 5.60. The van der Waals surface area contributed by atoms with Crippen molar-refractivity contribution < 1.29 is 9.47 Å². The summed E-state index contributed by atoms with van der Waals surface area (Å²) in [7, 11) is 0. The van der Waals surface area contributed by atoms with Crippen molar-refractivity contribution in [3.63, 3.8) is 0 Å². The fourth-order valence-corrected chi connectivity index (χ4v) is 2.19. The molecular weight excluding hydrogens is 356 g/mol. The first-order valence-electron chi connectivity index (χ1n) is 7.56. The van der Waals surface area contributed by atoms with Crippen LogP contribution in [0.15, 0.2) is 52.0 Å². The fourth-order valence-electron chi connectivity index (χ4n) is 1.93. The van der Waals surface area contributed by atoms with Gasteiger partial charge < -0.3 is 9.47 Å². The van der Waals surface area contributed by atoms with E-state index in [0.717, 1.165) is 27.2 Å². The molecule has 2 rings (SSSR count). The lowest BCUT2D eigenvalue weighted by Crippen LogP contribution is -2.07. The zero-order valence-electron chi connectivity index (χ0n) is 13.5. The van der Waals surface area contributed by atoms with Gasteiger partial charge >= 0.3 is 0 Å². The number of hydrogen-bond donors (Lipinski definition) is 1. The third-order valence-corrected chi connectivity index (χ3v) is 3.41. The molecule has 1 N–H and O–H groups in total. The zero-order valence-corrected chi connectivity index (χ0v) is 15.1. The molecule has 0 saturated heterocycles. The Labute approximate surface area is 145 Å². The topological polar surface area (TPSA) is 42.8 Å². The van der Waals surface area contributed by atoms with E-state index in [1.807, 2.05) is 63.2 Å². The largest absolute Gasteiger partial charge is 0.490 e. The van der Waals surface area contributed by atoms with E-state index in [0.29, 0.717) is 6.61 Å². The molecule has 0 radical (unpaired) electrons. The molecule has 0 unspecified atom stereocenters. The van der Waals surface area contributed by atoms with Crippen molar-refractivity contribution in [3.8, 4) is 11.5 Å². The van der Waals surface area contributed by atoms with E-state index < -0.39 is 0 Å². The van der Waals surface area contributed by atoms with Crippen LogP contribution >= 0.6 is 15.9 Å². The Morgan fingerprint density at radius 3 is 2.52 bits per heavy atom. The molecule has 0 aromatic heterocycles. The van der Waals surface area contributed by atoms with E-state index in [1.54, 1.807) is 6.21 Å². The number of hydrazone groups is 1. The van der Waals surface area contributed by atoms with Gasteiger partial charge in [0.15, 0.2) is 11.5 Å². The molecular formula is C18H21BrN2O2. The summed E-state index contributed by atoms with van der Waals surface area (Å²) in [6.07, 6.45) is 1.86. The van der Waals surface area contributed by atoms with Crippen molar-refractivity contribution in [1.82, 2.24) is 0 Å². The molecule has 0 aliphatic rings. The van der Waals surface area contributed by atoms with Gasteiger partial charge in [-0.2, -0.15) is 5.10 Å². The summed E-state index contributed by atoms with van der Waals surface area (Å²) in [4.78, 5) is 0. The molecule has 0 bridgehead atoms. The predicted octanol–water partition coefficient (Wildman–Crippen LogP) is 5.08. The van der Waals surface area contributed by atoms with Crippen LogP contribution in [-0.2, 0) is 0 Å². The number of nitrogens with zero attached hydrogens (tertiary/aromatic N) is 1. The number of nitrogens with one attached hydrogen (secondary N) is 1. The van der Waals surface area contributed by atoms with Gasteiger partial charge in [0.1, 0.15) is 0 Å². The van der Waals surface area contributed by atoms with Gasteiger partial charge in [0, 0.05) is 4.47 Å². The van der Waals surface area contributed by atoms with Crippen molar-refractivity contribution in [2.75, 3.05) is 12.0 Å². The number of anilines is 1. The molecule has 4 nitrogen and oxygen atoms in total. The molecule has 0 aliphatic heterocycles. The van der Waals surface area contributed by atoms with Crippen LogP contribution in [0, 0.1) is 0 Å². The van der Waals surface area contributed by atoms with Gasteiger partial charge in [0.2, 0.25) is 0 Å². The monoisotopic (exact) mass is 376 g/mol. The molecule has 2 aromatic rings.